The van der Waals surface area contributed by atoms with Gasteiger partial charge in [-0.1, -0.05) is 26.7 Å². The molecule has 2 unspecified atom stereocenters. The maximum atomic E-state index is 12.0. The lowest BCUT2D eigenvalue weighted by atomic mass is 9.73. The Kier molecular flexibility index (Phi) is 6.61. The van der Waals surface area contributed by atoms with Crippen LogP contribution in [0.4, 0.5) is 0 Å². The number of hydrogen-bond acceptors (Lipinski definition) is 2. The summed E-state index contributed by atoms with van der Waals surface area (Å²) >= 11 is 0. The van der Waals surface area contributed by atoms with Gasteiger partial charge in [-0.15, -0.1) is 12.4 Å². The first kappa shape index (κ1) is 16.8. The number of hydrogen-bond donors (Lipinski definition) is 2. The topological polar surface area (TPSA) is 41.1 Å². The molecule has 2 rings (SSSR count). The first-order chi connectivity index (χ1) is 8.58. The van der Waals surface area contributed by atoms with Gasteiger partial charge in [-0.3, -0.25) is 4.79 Å². The molecule has 0 spiro atoms. The van der Waals surface area contributed by atoms with Crippen molar-refractivity contribution in [1.82, 2.24) is 10.6 Å². The second kappa shape index (κ2) is 7.49. The molecule has 1 aliphatic carbocycles. The summed E-state index contributed by atoms with van der Waals surface area (Å²) in [5.74, 6) is 0.983. The third kappa shape index (κ3) is 4.96. The summed E-state index contributed by atoms with van der Waals surface area (Å²) in [5, 5.41) is 6.63. The zero-order chi connectivity index (χ0) is 13.0. The van der Waals surface area contributed by atoms with Crippen molar-refractivity contribution in [2.75, 3.05) is 13.1 Å². The molecule has 2 fully saturated rings. The van der Waals surface area contributed by atoms with Crippen LogP contribution in [0.5, 0.6) is 0 Å². The molecule has 1 saturated carbocycles. The summed E-state index contributed by atoms with van der Waals surface area (Å²) < 4.78 is 0. The Bertz CT molecular complexity index is 288. The fourth-order valence-electron chi connectivity index (χ4n) is 3.32. The van der Waals surface area contributed by atoms with Crippen LogP contribution >= 0.6 is 12.4 Å². The van der Waals surface area contributed by atoms with Crippen molar-refractivity contribution in [2.45, 2.75) is 64.8 Å². The molecule has 1 heterocycles. The van der Waals surface area contributed by atoms with Crippen LogP contribution in [-0.2, 0) is 4.79 Å². The van der Waals surface area contributed by atoms with Crippen molar-refractivity contribution in [3.05, 3.63) is 0 Å². The van der Waals surface area contributed by atoms with E-state index in [1.807, 2.05) is 0 Å². The molecule has 4 heteroatoms. The summed E-state index contributed by atoms with van der Waals surface area (Å²) in [6, 6.07) is 0.389. The second-order valence-corrected chi connectivity index (χ2v) is 6.75. The SMILES string of the molecule is CC1(C)CCCCC1NC(=O)CCC1CCNC1.Cl. The summed E-state index contributed by atoms with van der Waals surface area (Å²) in [7, 11) is 0. The Hall–Kier alpha value is -0.280. The minimum absolute atomic E-state index is 0. The molecule has 0 aromatic carbocycles. The predicted molar refractivity (Wildman–Crippen MR) is 81.6 cm³/mol. The Balaban J connectivity index is 0.00000180. The van der Waals surface area contributed by atoms with E-state index in [4.69, 9.17) is 0 Å². The van der Waals surface area contributed by atoms with Gasteiger partial charge < -0.3 is 10.6 Å². The van der Waals surface area contributed by atoms with Crippen LogP contribution in [0.1, 0.15) is 58.8 Å². The predicted octanol–water partition coefficient (Wildman–Crippen LogP) is 2.88. The van der Waals surface area contributed by atoms with E-state index in [0.717, 1.165) is 31.8 Å². The molecule has 3 nitrogen and oxygen atoms in total. The molecule has 112 valence electrons. The van der Waals surface area contributed by atoms with Gasteiger partial charge in [0, 0.05) is 12.5 Å². The van der Waals surface area contributed by atoms with Crippen molar-refractivity contribution in [3.8, 4) is 0 Å². The second-order valence-electron chi connectivity index (χ2n) is 6.75. The zero-order valence-electron chi connectivity index (χ0n) is 12.3. The van der Waals surface area contributed by atoms with E-state index in [1.165, 1.54) is 25.7 Å². The van der Waals surface area contributed by atoms with Gasteiger partial charge in [0.2, 0.25) is 5.91 Å². The Morgan fingerprint density at radius 2 is 2.11 bits per heavy atom. The van der Waals surface area contributed by atoms with Crippen LogP contribution in [0, 0.1) is 11.3 Å². The third-order valence-electron chi connectivity index (χ3n) is 4.78. The number of carbonyl (C=O) groups is 1. The average molecular weight is 289 g/mol. The normalized spacial score (nSPS) is 29.6. The quantitative estimate of drug-likeness (QED) is 0.835. The van der Waals surface area contributed by atoms with Gasteiger partial charge in [-0.05, 0) is 50.1 Å². The maximum absolute atomic E-state index is 12.0. The summed E-state index contributed by atoms with van der Waals surface area (Å²) in [6.07, 6.45) is 7.97. The van der Waals surface area contributed by atoms with E-state index in [1.54, 1.807) is 0 Å². The highest BCUT2D eigenvalue weighted by Crippen LogP contribution is 2.35. The van der Waals surface area contributed by atoms with Gasteiger partial charge >= 0.3 is 0 Å². The zero-order valence-corrected chi connectivity index (χ0v) is 13.2. The fraction of sp³-hybridized carbons (Fsp3) is 0.933. The minimum atomic E-state index is 0. The van der Waals surface area contributed by atoms with Crippen LogP contribution in [0.3, 0.4) is 0 Å². The standard InChI is InChI=1S/C15H28N2O.ClH/c1-15(2)9-4-3-5-13(15)17-14(18)7-6-12-8-10-16-11-12;/h12-13,16H,3-11H2,1-2H3,(H,17,18);1H. The van der Waals surface area contributed by atoms with E-state index >= 15 is 0 Å². The van der Waals surface area contributed by atoms with Crippen molar-refractivity contribution in [1.29, 1.82) is 0 Å². The average Bonchev–Trinajstić information content (AvgIpc) is 2.82. The Labute approximate surface area is 123 Å². The minimum Gasteiger partial charge on any atom is -0.353 e. The van der Waals surface area contributed by atoms with E-state index in [0.29, 0.717) is 12.5 Å². The van der Waals surface area contributed by atoms with Gasteiger partial charge in [0.25, 0.3) is 0 Å². The molecule has 2 atom stereocenters. The van der Waals surface area contributed by atoms with Crippen molar-refractivity contribution < 1.29 is 4.79 Å². The highest BCUT2D eigenvalue weighted by molar-refractivity contribution is 5.85. The smallest absolute Gasteiger partial charge is 0.220 e. The molecule has 0 aromatic heterocycles. The molecule has 1 aliphatic heterocycles. The molecular formula is C15H29ClN2O. The van der Waals surface area contributed by atoms with E-state index in [9.17, 15) is 4.79 Å². The van der Waals surface area contributed by atoms with Crippen LogP contribution in [0.25, 0.3) is 0 Å². The number of carbonyl (C=O) groups excluding carboxylic acids is 1. The number of amides is 1. The Morgan fingerprint density at radius 3 is 2.74 bits per heavy atom. The van der Waals surface area contributed by atoms with Crippen molar-refractivity contribution in [3.63, 3.8) is 0 Å². The molecular weight excluding hydrogens is 260 g/mol. The van der Waals surface area contributed by atoms with Gasteiger partial charge in [0.1, 0.15) is 0 Å². The lowest BCUT2D eigenvalue weighted by Crippen LogP contribution is -2.46. The number of halogens is 1. The van der Waals surface area contributed by atoms with Crippen molar-refractivity contribution >= 4 is 18.3 Å². The lowest BCUT2D eigenvalue weighted by Gasteiger charge is -2.39. The molecule has 19 heavy (non-hydrogen) atoms. The van der Waals surface area contributed by atoms with E-state index in [-0.39, 0.29) is 23.7 Å². The highest BCUT2D eigenvalue weighted by atomic mass is 35.5. The van der Waals surface area contributed by atoms with Gasteiger partial charge in [0.15, 0.2) is 0 Å². The first-order valence-electron chi connectivity index (χ1n) is 7.58. The molecule has 2 N–H and O–H groups in total. The monoisotopic (exact) mass is 288 g/mol. The first-order valence-corrected chi connectivity index (χ1v) is 7.58. The lowest BCUT2D eigenvalue weighted by molar-refractivity contribution is -0.123. The van der Waals surface area contributed by atoms with Crippen LogP contribution in [0.15, 0.2) is 0 Å². The van der Waals surface area contributed by atoms with E-state index < -0.39 is 0 Å². The maximum Gasteiger partial charge on any atom is 0.220 e. The van der Waals surface area contributed by atoms with Gasteiger partial charge in [-0.2, -0.15) is 0 Å². The van der Waals surface area contributed by atoms with Crippen LogP contribution in [-0.4, -0.2) is 25.0 Å². The summed E-state index contributed by atoms with van der Waals surface area (Å²) in [4.78, 5) is 12.0. The van der Waals surface area contributed by atoms with Crippen molar-refractivity contribution in [2.24, 2.45) is 11.3 Å². The molecule has 2 aliphatic rings. The van der Waals surface area contributed by atoms with Crippen LogP contribution < -0.4 is 10.6 Å². The molecule has 1 saturated heterocycles. The third-order valence-corrected chi connectivity index (χ3v) is 4.78. The molecule has 1 amide bonds. The van der Waals surface area contributed by atoms with Gasteiger partial charge in [0.05, 0.1) is 0 Å². The largest absolute Gasteiger partial charge is 0.353 e. The van der Waals surface area contributed by atoms with Gasteiger partial charge in [-0.25, -0.2) is 0 Å². The molecule has 0 aromatic rings. The Morgan fingerprint density at radius 1 is 1.32 bits per heavy atom. The van der Waals surface area contributed by atoms with Crippen LogP contribution in [0.2, 0.25) is 0 Å². The highest BCUT2D eigenvalue weighted by Gasteiger charge is 2.33. The number of rotatable bonds is 4. The number of nitrogens with one attached hydrogen (secondary N) is 2. The summed E-state index contributed by atoms with van der Waals surface area (Å²) in [5.41, 5.74) is 0.281. The molecule has 0 bridgehead atoms. The summed E-state index contributed by atoms with van der Waals surface area (Å²) in [6.45, 7) is 6.81. The molecule has 0 radical (unpaired) electrons. The van der Waals surface area contributed by atoms with E-state index in [2.05, 4.69) is 24.5 Å². The fourth-order valence-corrected chi connectivity index (χ4v) is 3.32.